The third-order valence-corrected chi connectivity index (χ3v) is 4.22. The summed E-state index contributed by atoms with van der Waals surface area (Å²) in [6.45, 7) is 2.88. The van der Waals surface area contributed by atoms with Crippen LogP contribution in [0.5, 0.6) is 0 Å². The molecule has 1 aliphatic heterocycles. The molecule has 9 heteroatoms. The Labute approximate surface area is 135 Å². The van der Waals surface area contributed by atoms with E-state index in [2.05, 4.69) is 15.0 Å². The Morgan fingerprint density at radius 1 is 1.29 bits per heavy atom. The molecular formula is C15H17F3N4O2. The number of halogens is 3. The van der Waals surface area contributed by atoms with Crippen LogP contribution >= 0.6 is 0 Å². The SMILES string of the molecule is O=c1cc(C(F)(F)F)ncn1CC1CCN(Cc2cnoc2)CC1. The first kappa shape index (κ1) is 16.7. The Kier molecular flexibility index (Phi) is 4.70. The zero-order valence-corrected chi connectivity index (χ0v) is 12.9. The van der Waals surface area contributed by atoms with Gasteiger partial charge >= 0.3 is 6.18 Å². The minimum Gasteiger partial charge on any atom is -0.364 e. The molecule has 3 rings (SSSR count). The molecule has 1 aliphatic rings. The molecule has 130 valence electrons. The summed E-state index contributed by atoms with van der Waals surface area (Å²) in [5.74, 6) is 0.250. The van der Waals surface area contributed by atoms with Crippen LogP contribution in [-0.4, -0.2) is 32.7 Å². The molecule has 0 aliphatic carbocycles. The average molecular weight is 342 g/mol. The Morgan fingerprint density at radius 2 is 2.04 bits per heavy atom. The quantitative estimate of drug-likeness (QED) is 0.852. The van der Waals surface area contributed by atoms with Crippen molar-refractivity contribution in [3.05, 3.63) is 46.5 Å². The fraction of sp³-hybridized carbons (Fsp3) is 0.533. The van der Waals surface area contributed by atoms with Crippen LogP contribution in [0.2, 0.25) is 0 Å². The lowest BCUT2D eigenvalue weighted by Crippen LogP contribution is -2.36. The maximum atomic E-state index is 12.5. The van der Waals surface area contributed by atoms with Gasteiger partial charge in [-0.3, -0.25) is 14.3 Å². The van der Waals surface area contributed by atoms with Gasteiger partial charge in [-0.2, -0.15) is 13.2 Å². The van der Waals surface area contributed by atoms with Gasteiger partial charge in [0.15, 0.2) is 5.69 Å². The second kappa shape index (κ2) is 6.76. The second-order valence-corrected chi connectivity index (χ2v) is 6.01. The highest BCUT2D eigenvalue weighted by Gasteiger charge is 2.33. The first-order valence-electron chi connectivity index (χ1n) is 7.66. The molecule has 1 saturated heterocycles. The molecule has 0 saturated carbocycles. The van der Waals surface area contributed by atoms with E-state index in [0.29, 0.717) is 12.6 Å². The highest BCUT2D eigenvalue weighted by Crippen LogP contribution is 2.26. The Bertz CT molecular complexity index is 719. The molecule has 0 aromatic carbocycles. The van der Waals surface area contributed by atoms with Crippen LogP contribution in [0.1, 0.15) is 24.1 Å². The third-order valence-electron chi connectivity index (χ3n) is 4.22. The number of hydrogen-bond acceptors (Lipinski definition) is 5. The summed E-state index contributed by atoms with van der Waals surface area (Å²) in [6, 6.07) is 0.557. The van der Waals surface area contributed by atoms with Crippen LogP contribution in [0.25, 0.3) is 0 Å². The van der Waals surface area contributed by atoms with Gasteiger partial charge in [-0.25, -0.2) is 4.98 Å². The topological polar surface area (TPSA) is 64.2 Å². The van der Waals surface area contributed by atoms with E-state index in [1.807, 2.05) is 0 Å². The molecule has 3 heterocycles. The normalized spacial score (nSPS) is 17.3. The molecule has 0 amide bonds. The van der Waals surface area contributed by atoms with Crippen LogP contribution < -0.4 is 5.56 Å². The van der Waals surface area contributed by atoms with Crippen molar-refractivity contribution in [3.63, 3.8) is 0 Å². The predicted molar refractivity (Wildman–Crippen MR) is 78.0 cm³/mol. The van der Waals surface area contributed by atoms with Gasteiger partial charge in [0, 0.05) is 24.7 Å². The van der Waals surface area contributed by atoms with Crippen molar-refractivity contribution in [2.45, 2.75) is 32.1 Å². The van der Waals surface area contributed by atoms with Gasteiger partial charge in [0.05, 0.1) is 12.5 Å². The van der Waals surface area contributed by atoms with Gasteiger partial charge in [0.25, 0.3) is 5.56 Å². The first-order valence-corrected chi connectivity index (χ1v) is 7.66. The predicted octanol–water partition coefficient (Wildman–Crippen LogP) is 2.16. The van der Waals surface area contributed by atoms with Gasteiger partial charge in [0.2, 0.25) is 0 Å². The van der Waals surface area contributed by atoms with Crippen LogP contribution in [0.3, 0.4) is 0 Å². The van der Waals surface area contributed by atoms with Crippen molar-refractivity contribution in [2.75, 3.05) is 13.1 Å². The minimum atomic E-state index is -4.59. The molecule has 0 spiro atoms. The van der Waals surface area contributed by atoms with Crippen molar-refractivity contribution >= 4 is 0 Å². The fourth-order valence-electron chi connectivity index (χ4n) is 2.89. The van der Waals surface area contributed by atoms with Gasteiger partial charge in [-0.15, -0.1) is 0 Å². The number of aromatic nitrogens is 3. The second-order valence-electron chi connectivity index (χ2n) is 6.01. The van der Waals surface area contributed by atoms with Crippen molar-refractivity contribution < 1.29 is 17.7 Å². The monoisotopic (exact) mass is 342 g/mol. The van der Waals surface area contributed by atoms with E-state index >= 15 is 0 Å². The van der Waals surface area contributed by atoms with E-state index in [1.54, 1.807) is 12.5 Å². The van der Waals surface area contributed by atoms with Crippen molar-refractivity contribution in [2.24, 2.45) is 5.92 Å². The summed E-state index contributed by atoms with van der Waals surface area (Å²) in [6.07, 6.45) is 1.44. The van der Waals surface area contributed by atoms with Crippen molar-refractivity contribution in [3.8, 4) is 0 Å². The smallest absolute Gasteiger partial charge is 0.364 e. The lowest BCUT2D eigenvalue weighted by Gasteiger charge is -2.31. The van der Waals surface area contributed by atoms with Crippen LogP contribution in [0.4, 0.5) is 13.2 Å². The standard InChI is InChI=1S/C15H17F3N4O2/c16-15(17,18)13-5-14(23)22(10-19-13)8-11-1-3-21(4-2-11)7-12-6-20-24-9-12/h5-6,9-11H,1-4,7-8H2. The van der Waals surface area contributed by atoms with Gasteiger partial charge in [-0.1, -0.05) is 5.16 Å². The van der Waals surface area contributed by atoms with Crippen LogP contribution in [0, 0.1) is 5.92 Å². The molecule has 24 heavy (non-hydrogen) atoms. The summed E-state index contributed by atoms with van der Waals surface area (Å²) in [4.78, 5) is 17.4. The molecular weight excluding hydrogens is 325 g/mol. The lowest BCUT2D eigenvalue weighted by atomic mass is 9.96. The molecule has 0 unspecified atom stereocenters. The molecule has 6 nitrogen and oxygen atoms in total. The van der Waals surface area contributed by atoms with E-state index < -0.39 is 17.4 Å². The number of hydrogen-bond donors (Lipinski definition) is 0. The maximum Gasteiger partial charge on any atom is 0.433 e. The number of nitrogens with zero attached hydrogens (tertiary/aromatic N) is 4. The summed E-state index contributed by atoms with van der Waals surface area (Å²) in [5.41, 5.74) is -0.798. The summed E-state index contributed by atoms with van der Waals surface area (Å²) < 4.78 is 43.6. The number of alkyl halides is 3. The summed E-state index contributed by atoms with van der Waals surface area (Å²) in [7, 11) is 0. The summed E-state index contributed by atoms with van der Waals surface area (Å²) >= 11 is 0. The minimum absolute atomic E-state index is 0.250. The molecule has 0 atom stereocenters. The van der Waals surface area contributed by atoms with Crippen molar-refractivity contribution in [1.29, 1.82) is 0 Å². The zero-order valence-electron chi connectivity index (χ0n) is 12.9. The Hall–Kier alpha value is -2.16. The Morgan fingerprint density at radius 3 is 2.62 bits per heavy atom. The first-order chi connectivity index (χ1) is 11.4. The van der Waals surface area contributed by atoms with E-state index in [1.165, 1.54) is 4.57 Å². The molecule has 0 bridgehead atoms. The molecule has 0 N–H and O–H groups in total. The number of likely N-dealkylation sites (tertiary alicyclic amines) is 1. The third kappa shape index (κ3) is 4.02. The van der Waals surface area contributed by atoms with Gasteiger partial charge in [-0.05, 0) is 31.8 Å². The maximum absolute atomic E-state index is 12.5. The zero-order chi connectivity index (χ0) is 17.2. The highest BCUT2D eigenvalue weighted by atomic mass is 19.4. The van der Waals surface area contributed by atoms with Gasteiger partial charge < -0.3 is 4.52 Å². The largest absolute Gasteiger partial charge is 0.433 e. The lowest BCUT2D eigenvalue weighted by molar-refractivity contribution is -0.141. The van der Waals surface area contributed by atoms with Crippen molar-refractivity contribution in [1.82, 2.24) is 19.6 Å². The average Bonchev–Trinajstić information content (AvgIpc) is 3.03. The number of rotatable bonds is 4. The van der Waals surface area contributed by atoms with Gasteiger partial charge in [0.1, 0.15) is 6.26 Å². The van der Waals surface area contributed by atoms with E-state index in [4.69, 9.17) is 4.52 Å². The molecule has 2 aromatic rings. The van der Waals surface area contributed by atoms with Crippen LogP contribution in [0.15, 0.2) is 34.2 Å². The molecule has 0 radical (unpaired) electrons. The summed E-state index contributed by atoms with van der Waals surface area (Å²) in [5, 5.41) is 3.67. The number of piperidine rings is 1. The van der Waals surface area contributed by atoms with Crippen LogP contribution in [-0.2, 0) is 19.3 Å². The highest BCUT2D eigenvalue weighted by molar-refractivity contribution is 5.04. The molecule has 2 aromatic heterocycles. The van der Waals surface area contributed by atoms with E-state index in [-0.39, 0.29) is 5.92 Å². The van der Waals surface area contributed by atoms with E-state index in [9.17, 15) is 18.0 Å². The van der Waals surface area contributed by atoms with E-state index in [0.717, 1.165) is 44.4 Å². The molecule has 1 fully saturated rings. The fourth-order valence-corrected chi connectivity index (χ4v) is 2.89. The Balaban J connectivity index is 1.55.